The monoisotopic (exact) mass is 519 g/mol. The van der Waals surface area contributed by atoms with Gasteiger partial charge in [-0.3, -0.25) is 10.2 Å². The number of carbonyl (C=O) groups is 1. The lowest BCUT2D eigenvalue weighted by atomic mass is 10.1. The smallest absolute Gasteiger partial charge is 0.283 e. The highest BCUT2D eigenvalue weighted by Gasteiger charge is 2.35. The predicted octanol–water partition coefficient (Wildman–Crippen LogP) is 5.28. The van der Waals surface area contributed by atoms with E-state index in [1.807, 2.05) is 79.0 Å². The van der Waals surface area contributed by atoms with Crippen molar-refractivity contribution in [1.29, 1.82) is 5.41 Å². The third kappa shape index (κ3) is 3.97. The summed E-state index contributed by atoms with van der Waals surface area (Å²) in [6.07, 6.45) is 4.37. The van der Waals surface area contributed by atoms with Gasteiger partial charge in [0.15, 0.2) is 17.3 Å². The Morgan fingerprint density at radius 2 is 1.79 bits per heavy atom. The van der Waals surface area contributed by atoms with Gasteiger partial charge in [0.2, 0.25) is 12.0 Å². The van der Waals surface area contributed by atoms with Gasteiger partial charge in [-0.05, 0) is 47.2 Å². The average Bonchev–Trinajstić information content (AvgIpc) is 3.65. The number of thioether (sulfide) groups is 1. The molecule has 1 N–H and O–H groups in total. The first-order valence-electron chi connectivity index (χ1n) is 12.1. The number of amidine groups is 2. The summed E-state index contributed by atoms with van der Waals surface area (Å²) in [6.45, 7) is 0.852. The molecule has 3 aliphatic heterocycles. The Kier molecular flexibility index (Phi) is 5.36. The fraction of sp³-hybridized carbons (Fsp3) is 0.103. The lowest BCUT2D eigenvalue weighted by molar-refractivity contribution is -0.114. The molecule has 3 aromatic carbocycles. The van der Waals surface area contributed by atoms with Crippen LogP contribution >= 0.6 is 11.8 Å². The lowest BCUT2D eigenvalue weighted by Crippen LogP contribution is -2.35. The molecule has 0 saturated heterocycles. The van der Waals surface area contributed by atoms with Crippen LogP contribution < -0.4 is 9.47 Å². The molecule has 0 aliphatic carbocycles. The number of nitrogens with one attached hydrogen (secondary N) is 1. The summed E-state index contributed by atoms with van der Waals surface area (Å²) in [5.74, 6) is 1.09. The van der Waals surface area contributed by atoms with Gasteiger partial charge in [0.1, 0.15) is 5.04 Å². The van der Waals surface area contributed by atoms with Gasteiger partial charge in [-0.1, -0.05) is 54.6 Å². The molecule has 0 fully saturated rings. The Hall–Kier alpha value is -4.63. The standard InChI is InChI=1S/C29H21N5O3S/c30-27-22(28(35)31-29-34(27)32-26(38-29)13-18-6-2-1-3-7-18)14-20-16-33(23-9-5-4-8-21(20)23)15-19-10-11-24-25(12-19)37-17-36-24/h1-12,14,16,30H,13,15,17H2/b22-14-,30-27?. The summed E-state index contributed by atoms with van der Waals surface area (Å²) in [5, 5.41) is 17.1. The number of amides is 1. The number of hydrogen-bond donors (Lipinski definition) is 1. The van der Waals surface area contributed by atoms with E-state index in [0.29, 0.717) is 18.1 Å². The maximum absolute atomic E-state index is 13.0. The molecule has 0 radical (unpaired) electrons. The van der Waals surface area contributed by atoms with Crippen molar-refractivity contribution in [1.82, 2.24) is 9.58 Å². The zero-order chi connectivity index (χ0) is 25.6. The van der Waals surface area contributed by atoms with E-state index in [4.69, 9.17) is 14.9 Å². The molecule has 0 unspecified atom stereocenters. The maximum Gasteiger partial charge on any atom is 0.283 e. The lowest BCUT2D eigenvalue weighted by Gasteiger charge is -2.20. The third-order valence-electron chi connectivity index (χ3n) is 6.60. The molecule has 4 heterocycles. The van der Waals surface area contributed by atoms with E-state index >= 15 is 0 Å². The number of nitrogens with zero attached hydrogens (tertiary/aromatic N) is 4. The fourth-order valence-corrected chi connectivity index (χ4v) is 5.71. The molecule has 0 atom stereocenters. The van der Waals surface area contributed by atoms with Crippen LogP contribution in [0.15, 0.2) is 94.7 Å². The second-order valence-corrected chi connectivity index (χ2v) is 10.1. The quantitative estimate of drug-likeness (QED) is 0.362. The Bertz CT molecular complexity index is 1720. The van der Waals surface area contributed by atoms with Gasteiger partial charge in [0.25, 0.3) is 5.91 Å². The molecule has 7 rings (SSSR count). The summed E-state index contributed by atoms with van der Waals surface area (Å²) in [5.41, 5.74) is 4.26. The minimum absolute atomic E-state index is 0.0307. The van der Waals surface area contributed by atoms with Gasteiger partial charge >= 0.3 is 0 Å². The molecule has 1 amide bonds. The zero-order valence-electron chi connectivity index (χ0n) is 20.1. The maximum atomic E-state index is 13.0. The fourth-order valence-electron chi connectivity index (χ4n) is 4.79. The van der Waals surface area contributed by atoms with Crippen LogP contribution in [0.1, 0.15) is 16.7 Å². The van der Waals surface area contributed by atoms with Crippen molar-refractivity contribution in [3.05, 3.63) is 101 Å². The Morgan fingerprint density at radius 1 is 0.974 bits per heavy atom. The van der Waals surface area contributed by atoms with Gasteiger partial charge in [-0.25, -0.2) is 0 Å². The highest BCUT2D eigenvalue weighted by molar-refractivity contribution is 8.26. The van der Waals surface area contributed by atoms with E-state index in [-0.39, 0.29) is 18.2 Å². The van der Waals surface area contributed by atoms with E-state index in [2.05, 4.69) is 14.7 Å². The number of fused-ring (bicyclic) bond motifs is 3. The molecular weight excluding hydrogens is 498 g/mol. The van der Waals surface area contributed by atoms with Gasteiger partial charge < -0.3 is 14.0 Å². The normalized spacial score (nSPS) is 17.3. The van der Waals surface area contributed by atoms with Gasteiger partial charge in [-0.15, -0.1) is 0 Å². The highest BCUT2D eigenvalue weighted by Crippen LogP contribution is 2.34. The number of carbonyl (C=O) groups excluding carboxylic acids is 1. The van der Waals surface area contributed by atoms with Crippen molar-refractivity contribution >= 4 is 50.7 Å². The molecule has 0 spiro atoms. The molecule has 4 aromatic rings. The third-order valence-corrected chi connectivity index (χ3v) is 7.51. The summed E-state index contributed by atoms with van der Waals surface area (Å²) in [6, 6.07) is 24.0. The number of hydrogen-bond acceptors (Lipinski definition) is 6. The molecule has 38 heavy (non-hydrogen) atoms. The van der Waals surface area contributed by atoms with E-state index in [1.165, 1.54) is 16.8 Å². The molecular formula is C29H21N5O3S. The van der Waals surface area contributed by atoms with Gasteiger partial charge in [-0.2, -0.15) is 15.1 Å². The number of rotatable bonds is 5. The minimum atomic E-state index is -0.433. The summed E-state index contributed by atoms with van der Waals surface area (Å²) >= 11 is 1.34. The van der Waals surface area contributed by atoms with Crippen LogP contribution in [0.5, 0.6) is 11.5 Å². The van der Waals surface area contributed by atoms with Crippen LogP contribution in [0.2, 0.25) is 0 Å². The molecule has 8 nitrogen and oxygen atoms in total. The second kappa shape index (κ2) is 9.04. The van der Waals surface area contributed by atoms with Crippen LogP contribution in [0, 0.1) is 5.41 Å². The van der Waals surface area contributed by atoms with Crippen molar-refractivity contribution in [3.8, 4) is 11.5 Å². The van der Waals surface area contributed by atoms with Crippen molar-refractivity contribution < 1.29 is 14.3 Å². The van der Waals surface area contributed by atoms with Crippen molar-refractivity contribution in [2.24, 2.45) is 10.1 Å². The summed E-state index contributed by atoms with van der Waals surface area (Å²) < 4.78 is 13.1. The summed E-state index contributed by atoms with van der Waals surface area (Å²) in [7, 11) is 0. The number of aromatic nitrogens is 1. The number of benzene rings is 3. The SMILES string of the molecule is N=C1/C(=C/c2cn(Cc3ccc4c(c3)OCO4)c3ccccc23)C(=O)N=C2SC(Cc3ccccc3)=NN12. The number of para-hydroxylation sites is 1. The van der Waals surface area contributed by atoms with Crippen LogP contribution in [0.3, 0.4) is 0 Å². The zero-order valence-corrected chi connectivity index (χ0v) is 20.9. The Balaban J connectivity index is 1.21. The van der Waals surface area contributed by atoms with Crippen LogP contribution in [-0.2, 0) is 17.8 Å². The highest BCUT2D eigenvalue weighted by atomic mass is 32.2. The van der Waals surface area contributed by atoms with E-state index < -0.39 is 5.91 Å². The predicted molar refractivity (Wildman–Crippen MR) is 149 cm³/mol. The second-order valence-electron chi connectivity index (χ2n) is 9.09. The Labute approximate surface area is 222 Å². The summed E-state index contributed by atoms with van der Waals surface area (Å²) in [4.78, 5) is 17.3. The molecule has 1 aromatic heterocycles. The van der Waals surface area contributed by atoms with Crippen molar-refractivity contribution in [2.75, 3.05) is 6.79 Å². The first-order chi connectivity index (χ1) is 18.6. The van der Waals surface area contributed by atoms with Gasteiger partial charge in [0, 0.05) is 35.6 Å². The van der Waals surface area contributed by atoms with E-state index in [0.717, 1.165) is 44.1 Å². The van der Waals surface area contributed by atoms with Crippen LogP contribution in [-0.4, -0.2) is 38.3 Å². The molecule has 0 bridgehead atoms. The van der Waals surface area contributed by atoms with Crippen LogP contribution in [0.25, 0.3) is 17.0 Å². The van der Waals surface area contributed by atoms with E-state index in [9.17, 15) is 4.79 Å². The molecule has 0 saturated carbocycles. The first-order valence-corrected chi connectivity index (χ1v) is 12.9. The molecule has 3 aliphatic rings. The number of hydrazone groups is 1. The van der Waals surface area contributed by atoms with Gasteiger partial charge in [0.05, 0.1) is 5.57 Å². The minimum Gasteiger partial charge on any atom is -0.454 e. The topological polar surface area (TPSA) is 92.3 Å². The van der Waals surface area contributed by atoms with Crippen LogP contribution in [0.4, 0.5) is 0 Å². The number of ether oxygens (including phenoxy) is 2. The number of aliphatic imine (C=N–C) groups is 1. The molecule has 186 valence electrons. The Morgan fingerprint density at radius 3 is 2.68 bits per heavy atom. The largest absolute Gasteiger partial charge is 0.454 e. The van der Waals surface area contributed by atoms with Crippen molar-refractivity contribution in [2.45, 2.75) is 13.0 Å². The molecule has 9 heteroatoms. The van der Waals surface area contributed by atoms with E-state index in [1.54, 1.807) is 6.08 Å². The average molecular weight is 520 g/mol. The van der Waals surface area contributed by atoms with Crippen molar-refractivity contribution in [3.63, 3.8) is 0 Å². The first kappa shape index (κ1) is 22.6.